The summed E-state index contributed by atoms with van der Waals surface area (Å²) in [5, 5.41) is 10.8. The highest BCUT2D eigenvalue weighted by Gasteiger charge is 2.07. The standard InChI is InChI=1S/C21H26N6O2.HI/c1-4-22-21(26-17-7-8-18(29-5-2)19(14-17)28-3)24-15-16-9-11-23-20(13-16)27-12-6-10-25-27;/h6-14H,4-5,15H2,1-3H3,(H2,22,24,26);1H. The SMILES string of the molecule is CCNC(=NCc1ccnc(-n2cccn2)c1)Nc1ccc(OCC)c(OC)c1.I. The van der Waals surface area contributed by atoms with E-state index in [0.717, 1.165) is 23.6 Å². The number of hydrogen-bond acceptors (Lipinski definition) is 5. The van der Waals surface area contributed by atoms with E-state index >= 15 is 0 Å². The number of rotatable bonds is 8. The molecule has 0 amide bonds. The van der Waals surface area contributed by atoms with Crippen LogP contribution < -0.4 is 20.1 Å². The topological polar surface area (TPSA) is 85.6 Å². The molecule has 0 fully saturated rings. The molecule has 0 saturated carbocycles. The van der Waals surface area contributed by atoms with Crippen molar-refractivity contribution in [3.63, 3.8) is 0 Å². The molecule has 0 unspecified atom stereocenters. The van der Waals surface area contributed by atoms with Crippen LogP contribution in [0.5, 0.6) is 11.5 Å². The summed E-state index contributed by atoms with van der Waals surface area (Å²) < 4.78 is 12.7. The molecule has 30 heavy (non-hydrogen) atoms. The summed E-state index contributed by atoms with van der Waals surface area (Å²) in [5.74, 6) is 2.82. The lowest BCUT2D eigenvalue weighted by atomic mass is 10.2. The maximum atomic E-state index is 5.57. The van der Waals surface area contributed by atoms with E-state index in [-0.39, 0.29) is 24.0 Å². The van der Waals surface area contributed by atoms with Crippen LogP contribution in [0.3, 0.4) is 0 Å². The molecule has 0 aliphatic heterocycles. The van der Waals surface area contributed by atoms with Crippen molar-refractivity contribution in [2.45, 2.75) is 20.4 Å². The predicted molar refractivity (Wildman–Crippen MR) is 129 cm³/mol. The molecule has 2 aromatic heterocycles. The van der Waals surface area contributed by atoms with Crippen LogP contribution in [0.2, 0.25) is 0 Å². The van der Waals surface area contributed by atoms with Crippen molar-refractivity contribution < 1.29 is 9.47 Å². The van der Waals surface area contributed by atoms with Crippen LogP contribution in [0.1, 0.15) is 19.4 Å². The second-order valence-corrected chi connectivity index (χ2v) is 6.09. The Morgan fingerprint density at radius 3 is 2.70 bits per heavy atom. The molecule has 0 aliphatic carbocycles. The van der Waals surface area contributed by atoms with Crippen LogP contribution in [0.15, 0.2) is 60.0 Å². The molecule has 2 heterocycles. The van der Waals surface area contributed by atoms with Gasteiger partial charge >= 0.3 is 0 Å². The monoisotopic (exact) mass is 522 g/mol. The fourth-order valence-electron chi connectivity index (χ4n) is 2.72. The number of aliphatic imine (C=N–C) groups is 1. The van der Waals surface area contributed by atoms with Gasteiger partial charge in [0.1, 0.15) is 0 Å². The summed E-state index contributed by atoms with van der Waals surface area (Å²) >= 11 is 0. The molecule has 2 N–H and O–H groups in total. The lowest BCUT2D eigenvalue weighted by molar-refractivity contribution is 0.311. The van der Waals surface area contributed by atoms with Crippen molar-refractivity contribution >= 4 is 35.6 Å². The number of anilines is 1. The van der Waals surface area contributed by atoms with Crippen molar-refractivity contribution in [3.8, 4) is 17.3 Å². The highest BCUT2D eigenvalue weighted by atomic mass is 127. The van der Waals surface area contributed by atoms with E-state index in [9.17, 15) is 0 Å². The van der Waals surface area contributed by atoms with Gasteiger partial charge in [0.25, 0.3) is 0 Å². The zero-order valence-electron chi connectivity index (χ0n) is 17.3. The number of benzene rings is 1. The van der Waals surface area contributed by atoms with E-state index in [0.29, 0.717) is 30.6 Å². The van der Waals surface area contributed by atoms with Crippen LogP contribution in [0.25, 0.3) is 5.82 Å². The molecule has 0 radical (unpaired) electrons. The van der Waals surface area contributed by atoms with Crippen molar-refractivity contribution in [1.82, 2.24) is 20.1 Å². The lowest BCUT2D eigenvalue weighted by Gasteiger charge is -2.14. The third kappa shape index (κ3) is 6.34. The number of ether oxygens (including phenoxy) is 2. The average Bonchev–Trinajstić information content (AvgIpc) is 3.28. The van der Waals surface area contributed by atoms with Gasteiger partial charge in [-0.1, -0.05) is 0 Å². The first-order valence-corrected chi connectivity index (χ1v) is 9.54. The lowest BCUT2D eigenvalue weighted by Crippen LogP contribution is -2.30. The average molecular weight is 522 g/mol. The molecule has 0 aliphatic rings. The zero-order valence-corrected chi connectivity index (χ0v) is 19.7. The van der Waals surface area contributed by atoms with Gasteiger partial charge in [-0.15, -0.1) is 24.0 Å². The first kappa shape index (κ1) is 23.5. The van der Waals surface area contributed by atoms with E-state index in [1.165, 1.54) is 0 Å². The summed E-state index contributed by atoms with van der Waals surface area (Å²) in [6.45, 7) is 5.80. The number of guanidine groups is 1. The maximum Gasteiger partial charge on any atom is 0.196 e. The second-order valence-electron chi connectivity index (χ2n) is 6.09. The largest absolute Gasteiger partial charge is 0.493 e. The van der Waals surface area contributed by atoms with Crippen molar-refractivity contribution in [1.29, 1.82) is 0 Å². The van der Waals surface area contributed by atoms with Crippen LogP contribution in [-0.4, -0.2) is 41.0 Å². The number of methoxy groups -OCH3 is 1. The minimum atomic E-state index is 0. The molecule has 0 spiro atoms. The van der Waals surface area contributed by atoms with Crippen LogP contribution in [-0.2, 0) is 6.54 Å². The van der Waals surface area contributed by atoms with Crippen LogP contribution in [0.4, 0.5) is 5.69 Å². The normalized spacial score (nSPS) is 10.8. The molecule has 1 aromatic carbocycles. The Morgan fingerprint density at radius 1 is 1.13 bits per heavy atom. The minimum Gasteiger partial charge on any atom is -0.493 e. The summed E-state index contributed by atoms with van der Waals surface area (Å²) in [6.07, 6.45) is 5.35. The fourth-order valence-corrected chi connectivity index (χ4v) is 2.72. The number of pyridine rings is 1. The molecule has 0 bridgehead atoms. The summed E-state index contributed by atoms with van der Waals surface area (Å²) in [5.41, 5.74) is 1.89. The van der Waals surface area contributed by atoms with Gasteiger partial charge in [-0.25, -0.2) is 14.7 Å². The number of hydrogen-bond donors (Lipinski definition) is 2. The van der Waals surface area contributed by atoms with Crippen LogP contribution in [0, 0.1) is 0 Å². The molecule has 3 aromatic rings. The predicted octanol–water partition coefficient (Wildman–Crippen LogP) is 3.87. The van der Waals surface area contributed by atoms with Gasteiger partial charge in [0.2, 0.25) is 0 Å². The van der Waals surface area contributed by atoms with E-state index < -0.39 is 0 Å². The van der Waals surface area contributed by atoms with Gasteiger partial charge in [0, 0.05) is 36.9 Å². The van der Waals surface area contributed by atoms with E-state index in [4.69, 9.17) is 9.47 Å². The van der Waals surface area contributed by atoms with Crippen molar-refractivity contribution in [3.05, 3.63) is 60.6 Å². The van der Waals surface area contributed by atoms with Gasteiger partial charge in [0.05, 0.1) is 20.3 Å². The maximum absolute atomic E-state index is 5.57. The Morgan fingerprint density at radius 2 is 2.00 bits per heavy atom. The molecule has 0 saturated heterocycles. The van der Waals surface area contributed by atoms with Gasteiger partial charge in [-0.05, 0) is 49.7 Å². The highest BCUT2D eigenvalue weighted by molar-refractivity contribution is 14.0. The summed E-state index contributed by atoms with van der Waals surface area (Å²) in [7, 11) is 1.63. The first-order valence-electron chi connectivity index (χ1n) is 9.54. The van der Waals surface area contributed by atoms with E-state index in [1.807, 2.05) is 56.4 Å². The summed E-state index contributed by atoms with van der Waals surface area (Å²) in [6, 6.07) is 11.5. The fraction of sp³-hybridized carbons (Fsp3) is 0.286. The van der Waals surface area contributed by atoms with E-state index in [2.05, 4.69) is 25.7 Å². The van der Waals surface area contributed by atoms with Gasteiger partial charge < -0.3 is 20.1 Å². The highest BCUT2D eigenvalue weighted by Crippen LogP contribution is 2.30. The van der Waals surface area contributed by atoms with Crippen molar-refractivity contribution in [2.75, 3.05) is 25.6 Å². The molecule has 9 heteroatoms. The van der Waals surface area contributed by atoms with Crippen LogP contribution >= 0.6 is 24.0 Å². The van der Waals surface area contributed by atoms with Gasteiger partial charge in [-0.3, -0.25) is 0 Å². The Bertz CT molecular complexity index is 946. The van der Waals surface area contributed by atoms with Gasteiger partial charge in [-0.2, -0.15) is 5.10 Å². The Kier molecular flexibility index (Phi) is 9.39. The Balaban J connectivity index is 0.00000320. The third-order valence-corrected chi connectivity index (χ3v) is 4.04. The van der Waals surface area contributed by atoms with Gasteiger partial charge in [0.15, 0.2) is 23.3 Å². The number of halogens is 1. The molecule has 160 valence electrons. The molecule has 8 nitrogen and oxygen atoms in total. The Hall–Kier alpha value is -2.82. The Labute approximate surface area is 193 Å². The number of nitrogens with one attached hydrogen (secondary N) is 2. The molecule has 0 atom stereocenters. The molecular formula is C21H27IN6O2. The quantitative estimate of drug-likeness (QED) is 0.266. The number of nitrogens with zero attached hydrogens (tertiary/aromatic N) is 4. The first-order chi connectivity index (χ1) is 14.2. The second kappa shape index (κ2) is 12.0. The zero-order chi connectivity index (χ0) is 20.5. The summed E-state index contributed by atoms with van der Waals surface area (Å²) in [4.78, 5) is 9.03. The molecular weight excluding hydrogens is 495 g/mol. The third-order valence-electron chi connectivity index (χ3n) is 4.04. The number of aromatic nitrogens is 3. The van der Waals surface area contributed by atoms with E-state index in [1.54, 1.807) is 24.2 Å². The molecule has 3 rings (SSSR count). The smallest absolute Gasteiger partial charge is 0.196 e. The van der Waals surface area contributed by atoms with Crippen molar-refractivity contribution in [2.24, 2.45) is 4.99 Å². The minimum absolute atomic E-state index is 0.